The van der Waals surface area contributed by atoms with Gasteiger partial charge in [0.2, 0.25) is 17.7 Å². The smallest absolute Gasteiger partial charge is 0.240 e. The quantitative estimate of drug-likeness (QED) is 0.0364. The summed E-state index contributed by atoms with van der Waals surface area (Å²) in [5.41, 5.74) is 11.6. The van der Waals surface area contributed by atoms with Crippen LogP contribution in [0.15, 0.2) is 24.3 Å². The molecule has 0 saturated carbocycles. The lowest BCUT2D eigenvalue weighted by Crippen LogP contribution is -2.48. The molecular formula is C46H89N5O3. The number of nitrogens with zero attached hydrogens (tertiary/aromatic N) is 1. The van der Waals surface area contributed by atoms with Gasteiger partial charge in [-0.25, -0.2) is 0 Å². The zero-order valence-corrected chi connectivity index (χ0v) is 35.7. The molecule has 8 nitrogen and oxygen atoms in total. The maximum absolute atomic E-state index is 12.8. The first-order valence-corrected chi connectivity index (χ1v) is 23.0. The van der Waals surface area contributed by atoms with Crippen molar-refractivity contribution in [3.05, 3.63) is 24.3 Å². The van der Waals surface area contributed by atoms with Crippen LogP contribution in [0, 0.1) is 0 Å². The number of amides is 3. The van der Waals surface area contributed by atoms with E-state index in [2.05, 4.69) is 48.8 Å². The largest absolute Gasteiger partial charge is 0.356 e. The van der Waals surface area contributed by atoms with E-state index in [9.17, 15) is 14.4 Å². The topological polar surface area (TPSA) is 131 Å². The summed E-state index contributed by atoms with van der Waals surface area (Å²) in [6, 6.07) is -0.716. The van der Waals surface area contributed by atoms with Gasteiger partial charge in [-0.15, -0.1) is 0 Å². The fourth-order valence-electron chi connectivity index (χ4n) is 6.71. The first-order valence-electron chi connectivity index (χ1n) is 23.0. The summed E-state index contributed by atoms with van der Waals surface area (Å²) in [6.07, 6.45) is 45.2. The van der Waals surface area contributed by atoms with E-state index in [0.717, 1.165) is 38.5 Å². The van der Waals surface area contributed by atoms with Crippen molar-refractivity contribution in [2.24, 2.45) is 11.5 Å². The standard InChI is InChI=1S/C46H89N5O3/c1-3-5-7-9-11-13-15-17-19-21-23-25-27-29-31-36-44(52)49-38-33-34-40-51(46(54)43(48)42-47)41-35-39-50-45(53)37-32-30-28-26-24-22-20-18-16-14-12-10-8-6-4-2/h17-20,43H,3-16,21-42,47-48H2,1-2H3,(H,49,52)(H,50,53)/b19-17-,20-18-/t43-/m0/s1. The molecule has 0 aliphatic rings. The van der Waals surface area contributed by atoms with Gasteiger partial charge >= 0.3 is 0 Å². The molecule has 6 N–H and O–H groups in total. The number of allylic oxidation sites excluding steroid dienone is 4. The number of carbonyl (C=O) groups excluding carboxylic acids is 3. The molecule has 0 aromatic heterocycles. The summed E-state index contributed by atoms with van der Waals surface area (Å²) in [6.45, 7) is 6.88. The fraction of sp³-hybridized carbons (Fsp3) is 0.848. The normalized spacial score (nSPS) is 12.1. The molecular weight excluding hydrogens is 671 g/mol. The number of unbranched alkanes of at least 4 members (excludes halogenated alkanes) is 23. The molecule has 3 amide bonds. The van der Waals surface area contributed by atoms with Crippen LogP contribution in [0.3, 0.4) is 0 Å². The Hall–Kier alpha value is -2.19. The first-order chi connectivity index (χ1) is 26.5. The zero-order valence-electron chi connectivity index (χ0n) is 35.7. The van der Waals surface area contributed by atoms with Gasteiger partial charge in [0.15, 0.2) is 0 Å². The van der Waals surface area contributed by atoms with Gasteiger partial charge in [0.05, 0.1) is 6.04 Å². The molecule has 0 heterocycles. The van der Waals surface area contributed by atoms with E-state index in [1.54, 1.807) is 4.90 Å². The Kier molecular flexibility index (Phi) is 40.3. The highest BCUT2D eigenvalue weighted by Crippen LogP contribution is 2.12. The summed E-state index contributed by atoms with van der Waals surface area (Å²) in [5.74, 6) is 0.0512. The Labute approximate surface area is 334 Å². The number of rotatable bonds is 41. The summed E-state index contributed by atoms with van der Waals surface area (Å²) in [7, 11) is 0. The summed E-state index contributed by atoms with van der Waals surface area (Å²) < 4.78 is 0. The molecule has 0 aliphatic carbocycles. The number of hydrogen-bond donors (Lipinski definition) is 4. The van der Waals surface area contributed by atoms with E-state index in [-0.39, 0.29) is 24.3 Å². The number of hydrogen-bond acceptors (Lipinski definition) is 5. The SMILES string of the molecule is CCCCCCCC/C=C\CCCCCCCC(=O)NCCCCN(CCCNC(=O)CCCCCCC/C=C\CCCCCCCC)C(=O)[C@@H](N)CN. The average Bonchev–Trinajstić information content (AvgIpc) is 3.17. The predicted octanol–water partition coefficient (Wildman–Crippen LogP) is 10.6. The van der Waals surface area contributed by atoms with Gasteiger partial charge in [-0.1, -0.05) is 141 Å². The van der Waals surface area contributed by atoms with Crippen molar-refractivity contribution in [1.29, 1.82) is 0 Å². The van der Waals surface area contributed by atoms with Crippen molar-refractivity contribution >= 4 is 17.7 Å². The second-order valence-electron chi connectivity index (χ2n) is 15.6. The van der Waals surface area contributed by atoms with E-state index < -0.39 is 6.04 Å². The van der Waals surface area contributed by atoms with Crippen LogP contribution in [-0.4, -0.2) is 61.4 Å². The van der Waals surface area contributed by atoms with Crippen LogP contribution in [0.2, 0.25) is 0 Å². The summed E-state index contributed by atoms with van der Waals surface area (Å²) >= 11 is 0. The van der Waals surface area contributed by atoms with Gasteiger partial charge in [0.1, 0.15) is 0 Å². The van der Waals surface area contributed by atoms with Gasteiger partial charge < -0.3 is 27.0 Å². The summed E-state index contributed by atoms with van der Waals surface area (Å²) in [4.78, 5) is 39.2. The Morgan fingerprint density at radius 3 is 1.24 bits per heavy atom. The van der Waals surface area contributed by atoms with Crippen molar-refractivity contribution in [2.75, 3.05) is 32.7 Å². The van der Waals surface area contributed by atoms with E-state index >= 15 is 0 Å². The van der Waals surface area contributed by atoms with Crippen LogP contribution >= 0.6 is 0 Å². The number of nitrogens with one attached hydrogen (secondary N) is 2. The molecule has 0 unspecified atom stereocenters. The molecule has 0 saturated heterocycles. The monoisotopic (exact) mass is 760 g/mol. The third-order valence-electron chi connectivity index (χ3n) is 10.3. The Morgan fingerprint density at radius 1 is 0.481 bits per heavy atom. The maximum atomic E-state index is 12.8. The van der Waals surface area contributed by atoms with E-state index in [0.29, 0.717) is 45.4 Å². The Balaban J connectivity index is 3.87. The third kappa shape index (κ3) is 36.8. The van der Waals surface area contributed by atoms with Crippen molar-refractivity contribution in [3.63, 3.8) is 0 Å². The number of nitrogens with two attached hydrogens (primary N) is 2. The average molecular weight is 760 g/mol. The molecule has 1 atom stereocenters. The first kappa shape index (κ1) is 51.8. The van der Waals surface area contributed by atoms with Crippen LogP contribution in [-0.2, 0) is 14.4 Å². The van der Waals surface area contributed by atoms with Gasteiger partial charge in [-0.05, 0) is 83.5 Å². The van der Waals surface area contributed by atoms with Gasteiger partial charge in [-0.3, -0.25) is 14.4 Å². The molecule has 0 spiro atoms. The van der Waals surface area contributed by atoms with Crippen LogP contribution in [0.5, 0.6) is 0 Å². The van der Waals surface area contributed by atoms with Gasteiger partial charge in [-0.2, -0.15) is 0 Å². The second-order valence-corrected chi connectivity index (χ2v) is 15.6. The van der Waals surface area contributed by atoms with E-state index in [4.69, 9.17) is 11.5 Å². The molecule has 316 valence electrons. The predicted molar refractivity (Wildman–Crippen MR) is 232 cm³/mol. The third-order valence-corrected chi connectivity index (χ3v) is 10.3. The minimum absolute atomic E-state index is 0.0849. The lowest BCUT2D eigenvalue weighted by atomic mass is 10.1. The maximum Gasteiger partial charge on any atom is 0.240 e. The Bertz CT molecular complexity index is 909. The second kappa shape index (κ2) is 42.0. The molecule has 0 aliphatic heterocycles. The van der Waals surface area contributed by atoms with Crippen molar-refractivity contribution in [3.8, 4) is 0 Å². The highest BCUT2D eigenvalue weighted by molar-refractivity contribution is 5.82. The molecule has 0 bridgehead atoms. The van der Waals surface area contributed by atoms with Crippen molar-refractivity contribution < 1.29 is 14.4 Å². The molecule has 0 aromatic carbocycles. The molecule has 54 heavy (non-hydrogen) atoms. The van der Waals surface area contributed by atoms with E-state index in [1.807, 2.05) is 0 Å². The highest BCUT2D eigenvalue weighted by atomic mass is 16.2. The van der Waals surface area contributed by atoms with Crippen LogP contribution in [0.25, 0.3) is 0 Å². The zero-order chi connectivity index (χ0) is 39.6. The Morgan fingerprint density at radius 2 is 0.833 bits per heavy atom. The van der Waals surface area contributed by atoms with Crippen LogP contribution in [0.4, 0.5) is 0 Å². The van der Waals surface area contributed by atoms with Crippen molar-refractivity contribution in [2.45, 2.75) is 219 Å². The molecule has 0 fully saturated rings. The fourth-order valence-corrected chi connectivity index (χ4v) is 6.71. The molecule has 0 radical (unpaired) electrons. The minimum Gasteiger partial charge on any atom is -0.356 e. The van der Waals surface area contributed by atoms with Gasteiger partial charge in [0.25, 0.3) is 0 Å². The van der Waals surface area contributed by atoms with Gasteiger partial charge in [0, 0.05) is 45.6 Å². The highest BCUT2D eigenvalue weighted by Gasteiger charge is 2.19. The van der Waals surface area contributed by atoms with Crippen LogP contribution in [0.1, 0.15) is 213 Å². The summed E-state index contributed by atoms with van der Waals surface area (Å²) in [5, 5.41) is 6.05. The lowest BCUT2D eigenvalue weighted by Gasteiger charge is -2.25. The van der Waals surface area contributed by atoms with E-state index in [1.165, 1.54) is 141 Å². The molecule has 0 aromatic rings. The minimum atomic E-state index is -0.716. The lowest BCUT2D eigenvalue weighted by molar-refractivity contribution is -0.132. The molecule has 0 rings (SSSR count). The van der Waals surface area contributed by atoms with Crippen molar-refractivity contribution in [1.82, 2.24) is 15.5 Å². The van der Waals surface area contributed by atoms with Crippen LogP contribution < -0.4 is 22.1 Å². The number of carbonyl (C=O) groups is 3. The molecule has 8 heteroatoms.